The minimum absolute atomic E-state index is 0.101. The van der Waals surface area contributed by atoms with Crippen LogP contribution in [0.15, 0.2) is 18.3 Å². The van der Waals surface area contributed by atoms with E-state index in [0.717, 1.165) is 6.42 Å². The van der Waals surface area contributed by atoms with Crippen LogP contribution in [0.3, 0.4) is 0 Å². The molecule has 2 atom stereocenters. The van der Waals surface area contributed by atoms with E-state index >= 15 is 0 Å². The topological polar surface area (TPSA) is 50.9 Å². The molecule has 1 rings (SSSR count). The van der Waals surface area contributed by atoms with Crippen LogP contribution in [0.4, 0.5) is 10.2 Å². The van der Waals surface area contributed by atoms with Crippen LogP contribution in [-0.4, -0.2) is 17.1 Å². The van der Waals surface area contributed by atoms with Gasteiger partial charge >= 0.3 is 0 Å². The van der Waals surface area contributed by atoms with Gasteiger partial charge in [0.1, 0.15) is 0 Å². The van der Waals surface area contributed by atoms with E-state index in [2.05, 4.69) is 10.3 Å². The van der Waals surface area contributed by atoms with Gasteiger partial charge in [-0.3, -0.25) is 0 Å². The van der Waals surface area contributed by atoms with Crippen LogP contribution in [0.2, 0.25) is 0 Å². The molecule has 0 saturated carbocycles. The van der Waals surface area contributed by atoms with Crippen LogP contribution in [-0.2, 0) is 0 Å². The molecule has 0 saturated heterocycles. The van der Waals surface area contributed by atoms with Gasteiger partial charge in [-0.2, -0.15) is 0 Å². The molecule has 0 aliphatic rings. The summed E-state index contributed by atoms with van der Waals surface area (Å²) in [7, 11) is 0. The number of anilines is 1. The smallest absolute Gasteiger partial charge is 0.165 e. The Hall–Kier alpha value is -1.16. The summed E-state index contributed by atoms with van der Waals surface area (Å²) in [5.74, 6) is -0.0373. The zero-order valence-electron chi connectivity index (χ0n) is 8.50. The Morgan fingerprint density at radius 3 is 2.86 bits per heavy atom. The van der Waals surface area contributed by atoms with E-state index in [1.165, 1.54) is 6.07 Å². The van der Waals surface area contributed by atoms with Crippen molar-refractivity contribution in [1.29, 1.82) is 0 Å². The Morgan fingerprint density at radius 1 is 1.57 bits per heavy atom. The summed E-state index contributed by atoms with van der Waals surface area (Å²) in [5, 5.41) is 2.98. The van der Waals surface area contributed by atoms with Gasteiger partial charge in [0.25, 0.3) is 0 Å². The van der Waals surface area contributed by atoms with E-state index in [1.54, 1.807) is 12.3 Å². The number of halogens is 1. The Labute approximate surface area is 83.5 Å². The average molecular weight is 197 g/mol. The summed E-state index contributed by atoms with van der Waals surface area (Å²) in [6.45, 7) is 3.88. The van der Waals surface area contributed by atoms with Crippen LogP contribution < -0.4 is 11.1 Å². The van der Waals surface area contributed by atoms with Crippen LogP contribution in [0.25, 0.3) is 0 Å². The van der Waals surface area contributed by atoms with Crippen LogP contribution in [0.5, 0.6) is 0 Å². The number of nitrogens with zero attached hydrogens (tertiary/aromatic N) is 1. The number of aromatic nitrogens is 1. The molecule has 0 aliphatic carbocycles. The molecule has 78 valence electrons. The van der Waals surface area contributed by atoms with E-state index in [-0.39, 0.29) is 17.9 Å². The zero-order valence-corrected chi connectivity index (χ0v) is 8.50. The third kappa shape index (κ3) is 3.30. The van der Waals surface area contributed by atoms with Crippen molar-refractivity contribution in [3.05, 3.63) is 24.1 Å². The van der Waals surface area contributed by atoms with E-state index in [9.17, 15) is 4.39 Å². The molecule has 3 N–H and O–H groups in total. The summed E-state index contributed by atoms with van der Waals surface area (Å²) in [5.41, 5.74) is 5.63. The molecule has 0 bridgehead atoms. The predicted octanol–water partition coefficient (Wildman–Crippen LogP) is 1.76. The van der Waals surface area contributed by atoms with Crippen molar-refractivity contribution in [3.63, 3.8) is 0 Å². The lowest BCUT2D eigenvalue weighted by atomic mass is 10.1. The fourth-order valence-electron chi connectivity index (χ4n) is 1.34. The normalized spacial score (nSPS) is 14.9. The highest BCUT2D eigenvalue weighted by Crippen LogP contribution is 2.11. The lowest BCUT2D eigenvalue weighted by molar-refractivity contribution is 0.587. The molecule has 0 fully saturated rings. The number of nitrogens with two attached hydrogens (primary N) is 1. The Balaban J connectivity index is 2.56. The average Bonchev–Trinajstić information content (AvgIpc) is 2.07. The number of hydrogen-bond acceptors (Lipinski definition) is 3. The van der Waals surface area contributed by atoms with Crippen molar-refractivity contribution >= 4 is 5.82 Å². The van der Waals surface area contributed by atoms with E-state index in [1.807, 2.05) is 13.8 Å². The van der Waals surface area contributed by atoms with Gasteiger partial charge in [-0.1, -0.05) is 0 Å². The van der Waals surface area contributed by atoms with Gasteiger partial charge in [0.15, 0.2) is 11.6 Å². The lowest BCUT2D eigenvalue weighted by Gasteiger charge is -2.16. The zero-order chi connectivity index (χ0) is 10.6. The highest BCUT2D eigenvalue weighted by molar-refractivity contribution is 5.36. The van der Waals surface area contributed by atoms with E-state index < -0.39 is 0 Å². The third-order valence-electron chi connectivity index (χ3n) is 1.87. The fourth-order valence-corrected chi connectivity index (χ4v) is 1.34. The largest absolute Gasteiger partial charge is 0.365 e. The number of hydrogen-bond donors (Lipinski definition) is 2. The molecule has 4 heteroatoms. The molecule has 1 heterocycles. The second-order valence-corrected chi connectivity index (χ2v) is 3.59. The monoisotopic (exact) mass is 197 g/mol. The van der Waals surface area contributed by atoms with Gasteiger partial charge < -0.3 is 11.1 Å². The molecule has 2 unspecified atom stereocenters. The quantitative estimate of drug-likeness (QED) is 0.773. The number of pyridine rings is 1. The molecule has 0 aliphatic heterocycles. The first-order valence-electron chi connectivity index (χ1n) is 4.72. The van der Waals surface area contributed by atoms with Crippen LogP contribution >= 0.6 is 0 Å². The molecule has 1 aromatic heterocycles. The van der Waals surface area contributed by atoms with Gasteiger partial charge in [-0.05, 0) is 32.4 Å². The van der Waals surface area contributed by atoms with Crippen molar-refractivity contribution in [2.75, 3.05) is 5.32 Å². The van der Waals surface area contributed by atoms with Crippen molar-refractivity contribution in [2.45, 2.75) is 32.4 Å². The third-order valence-corrected chi connectivity index (χ3v) is 1.87. The van der Waals surface area contributed by atoms with Crippen molar-refractivity contribution in [1.82, 2.24) is 4.98 Å². The highest BCUT2D eigenvalue weighted by Gasteiger charge is 2.08. The number of nitrogens with one attached hydrogen (secondary N) is 1. The second-order valence-electron chi connectivity index (χ2n) is 3.59. The maximum atomic E-state index is 13.1. The first-order valence-corrected chi connectivity index (χ1v) is 4.72. The van der Waals surface area contributed by atoms with Crippen LogP contribution in [0.1, 0.15) is 20.3 Å². The SMILES string of the molecule is CC(N)CC(C)Nc1ncccc1F. The molecular weight excluding hydrogens is 181 g/mol. The predicted molar refractivity (Wildman–Crippen MR) is 55.5 cm³/mol. The minimum Gasteiger partial charge on any atom is -0.365 e. The summed E-state index contributed by atoms with van der Waals surface area (Å²) in [6.07, 6.45) is 2.35. The molecule has 0 spiro atoms. The van der Waals surface area contributed by atoms with Crippen molar-refractivity contribution < 1.29 is 4.39 Å². The molecule has 14 heavy (non-hydrogen) atoms. The Morgan fingerprint density at radius 2 is 2.29 bits per heavy atom. The summed E-state index contributed by atoms with van der Waals surface area (Å²) in [4.78, 5) is 3.90. The summed E-state index contributed by atoms with van der Waals surface area (Å²) < 4.78 is 13.1. The minimum atomic E-state index is -0.330. The van der Waals surface area contributed by atoms with E-state index in [0.29, 0.717) is 5.82 Å². The Kier molecular flexibility index (Phi) is 3.83. The lowest BCUT2D eigenvalue weighted by Crippen LogP contribution is -2.26. The summed E-state index contributed by atoms with van der Waals surface area (Å²) >= 11 is 0. The van der Waals surface area contributed by atoms with Gasteiger partial charge in [0, 0.05) is 18.3 Å². The number of rotatable bonds is 4. The van der Waals surface area contributed by atoms with Crippen LogP contribution in [0, 0.1) is 5.82 Å². The second kappa shape index (κ2) is 4.91. The molecule has 3 nitrogen and oxygen atoms in total. The first-order chi connectivity index (χ1) is 6.59. The molecular formula is C10H16FN3. The van der Waals surface area contributed by atoms with Gasteiger partial charge in [0.05, 0.1) is 0 Å². The first kappa shape index (κ1) is 10.9. The van der Waals surface area contributed by atoms with Gasteiger partial charge in [-0.15, -0.1) is 0 Å². The van der Waals surface area contributed by atoms with E-state index in [4.69, 9.17) is 5.73 Å². The maximum absolute atomic E-state index is 13.1. The van der Waals surface area contributed by atoms with Gasteiger partial charge in [0.2, 0.25) is 0 Å². The van der Waals surface area contributed by atoms with Crippen molar-refractivity contribution in [3.8, 4) is 0 Å². The molecule has 1 aromatic rings. The van der Waals surface area contributed by atoms with Crippen molar-refractivity contribution in [2.24, 2.45) is 5.73 Å². The summed E-state index contributed by atoms with van der Waals surface area (Å²) in [6, 6.07) is 3.17. The Bertz CT molecular complexity index is 288. The fraction of sp³-hybridized carbons (Fsp3) is 0.500. The molecule has 0 radical (unpaired) electrons. The standard InChI is InChI=1S/C10H16FN3/c1-7(12)6-8(2)14-10-9(11)4-3-5-13-10/h3-5,7-8H,6,12H2,1-2H3,(H,13,14). The molecule has 0 aromatic carbocycles. The molecule has 0 amide bonds. The maximum Gasteiger partial charge on any atom is 0.165 e. The van der Waals surface area contributed by atoms with Gasteiger partial charge in [-0.25, -0.2) is 9.37 Å². The highest BCUT2D eigenvalue weighted by atomic mass is 19.1.